The SMILES string of the molecule is CC[C@@]1(c2ccc(F)cc2)NC(=O)N(CC(=O)N2CCC[C@H]2c2ccc3c(c2)OCCCO3)C1=O. The lowest BCUT2D eigenvalue weighted by Crippen LogP contribution is -2.45. The number of carbonyl (C=O) groups is 3. The summed E-state index contributed by atoms with van der Waals surface area (Å²) in [7, 11) is 0. The first-order valence-electron chi connectivity index (χ1n) is 12.0. The molecule has 1 N–H and O–H groups in total. The fraction of sp³-hybridized carbons (Fsp3) is 0.423. The first kappa shape index (κ1) is 23.1. The van der Waals surface area contributed by atoms with Crippen LogP contribution in [0.25, 0.3) is 0 Å². The number of halogens is 1. The Bertz CT molecular complexity index is 1150. The Morgan fingerprint density at radius 3 is 2.57 bits per heavy atom. The smallest absolute Gasteiger partial charge is 0.325 e. The lowest BCUT2D eigenvalue weighted by Gasteiger charge is -2.28. The Kier molecular flexibility index (Phi) is 6.08. The topological polar surface area (TPSA) is 88.2 Å². The minimum absolute atomic E-state index is 0.173. The predicted octanol–water partition coefficient (Wildman–Crippen LogP) is 3.51. The number of nitrogens with zero attached hydrogens (tertiary/aromatic N) is 2. The van der Waals surface area contributed by atoms with Crippen molar-refractivity contribution in [2.45, 2.75) is 44.2 Å². The van der Waals surface area contributed by atoms with Crippen LogP contribution in [-0.4, -0.2) is 53.9 Å². The highest BCUT2D eigenvalue weighted by Gasteiger charge is 2.52. The fourth-order valence-corrected chi connectivity index (χ4v) is 5.17. The summed E-state index contributed by atoms with van der Waals surface area (Å²) in [6.07, 6.45) is 2.68. The molecule has 3 heterocycles. The molecule has 8 nitrogen and oxygen atoms in total. The van der Waals surface area contributed by atoms with Crippen LogP contribution in [0.1, 0.15) is 49.8 Å². The number of hydrogen-bond donors (Lipinski definition) is 1. The van der Waals surface area contributed by atoms with Gasteiger partial charge in [-0.05, 0) is 54.7 Å². The maximum absolute atomic E-state index is 13.4. The molecule has 0 saturated carbocycles. The third-order valence-electron chi connectivity index (χ3n) is 7.07. The molecule has 184 valence electrons. The minimum atomic E-state index is -1.32. The van der Waals surface area contributed by atoms with Gasteiger partial charge < -0.3 is 19.7 Å². The molecule has 2 fully saturated rings. The largest absolute Gasteiger partial charge is 0.490 e. The molecule has 3 aliphatic heterocycles. The van der Waals surface area contributed by atoms with Gasteiger partial charge in [-0.2, -0.15) is 0 Å². The van der Waals surface area contributed by atoms with Crippen molar-refractivity contribution in [1.29, 1.82) is 0 Å². The van der Waals surface area contributed by atoms with Gasteiger partial charge in [0.2, 0.25) is 5.91 Å². The normalized spacial score (nSPS) is 23.9. The maximum atomic E-state index is 13.4. The van der Waals surface area contributed by atoms with Crippen LogP contribution >= 0.6 is 0 Å². The number of amides is 4. The van der Waals surface area contributed by atoms with E-state index in [0.717, 1.165) is 29.7 Å². The number of carbonyl (C=O) groups excluding carboxylic acids is 3. The first-order chi connectivity index (χ1) is 16.9. The van der Waals surface area contributed by atoms with Gasteiger partial charge in [0.1, 0.15) is 17.9 Å². The summed E-state index contributed by atoms with van der Waals surface area (Å²) in [6, 6.07) is 10.4. The Morgan fingerprint density at radius 1 is 1.09 bits per heavy atom. The van der Waals surface area contributed by atoms with Gasteiger partial charge in [-0.15, -0.1) is 0 Å². The van der Waals surface area contributed by atoms with E-state index in [-0.39, 0.29) is 24.9 Å². The van der Waals surface area contributed by atoms with Crippen LogP contribution in [0.15, 0.2) is 42.5 Å². The summed E-state index contributed by atoms with van der Waals surface area (Å²) in [6.45, 7) is 3.13. The summed E-state index contributed by atoms with van der Waals surface area (Å²) in [5.74, 6) is 0.127. The van der Waals surface area contributed by atoms with E-state index in [1.54, 1.807) is 11.8 Å². The van der Waals surface area contributed by atoms with E-state index in [4.69, 9.17) is 9.47 Å². The van der Waals surface area contributed by atoms with E-state index in [1.165, 1.54) is 24.3 Å². The van der Waals surface area contributed by atoms with Crippen molar-refractivity contribution < 1.29 is 28.2 Å². The number of nitrogens with one attached hydrogen (secondary N) is 1. The summed E-state index contributed by atoms with van der Waals surface area (Å²) in [5, 5.41) is 2.75. The molecule has 0 bridgehead atoms. The number of imide groups is 1. The molecular formula is C26H28FN3O5. The Balaban J connectivity index is 1.34. The highest BCUT2D eigenvalue weighted by Crippen LogP contribution is 2.38. The Morgan fingerprint density at radius 2 is 1.83 bits per heavy atom. The summed E-state index contributed by atoms with van der Waals surface area (Å²) < 4.78 is 25.0. The highest BCUT2D eigenvalue weighted by molar-refractivity contribution is 6.09. The maximum Gasteiger partial charge on any atom is 0.325 e. The van der Waals surface area contributed by atoms with Crippen LogP contribution in [-0.2, 0) is 15.1 Å². The molecule has 5 rings (SSSR count). The van der Waals surface area contributed by atoms with E-state index in [9.17, 15) is 18.8 Å². The number of fused-ring (bicyclic) bond motifs is 1. The van der Waals surface area contributed by atoms with Gasteiger partial charge in [-0.3, -0.25) is 14.5 Å². The molecule has 2 aromatic carbocycles. The van der Waals surface area contributed by atoms with Gasteiger partial charge >= 0.3 is 6.03 Å². The average Bonchev–Trinajstić information content (AvgIpc) is 3.35. The van der Waals surface area contributed by atoms with Crippen molar-refractivity contribution in [2.24, 2.45) is 0 Å². The quantitative estimate of drug-likeness (QED) is 0.661. The van der Waals surface area contributed by atoms with E-state index in [2.05, 4.69) is 5.32 Å². The molecule has 0 radical (unpaired) electrons. The summed E-state index contributed by atoms with van der Waals surface area (Å²) >= 11 is 0. The highest BCUT2D eigenvalue weighted by atomic mass is 19.1. The molecule has 0 unspecified atom stereocenters. The van der Waals surface area contributed by atoms with Gasteiger partial charge in [0.15, 0.2) is 11.5 Å². The molecule has 4 amide bonds. The molecule has 0 aliphatic carbocycles. The molecule has 0 spiro atoms. The third kappa shape index (κ3) is 4.09. The first-order valence-corrected chi connectivity index (χ1v) is 12.0. The molecule has 0 aromatic heterocycles. The molecule has 2 atom stereocenters. The van der Waals surface area contributed by atoms with E-state index >= 15 is 0 Å². The van der Waals surface area contributed by atoms with Crippen molar-refractivity contribution >= 4 is 17.8 Å². The molecule has 3 aliphatic rings. The van der Waals surface area contributed by atoms with Crippen LogP contribution in [0.2, 0.25) is 0 Å². The molecular weight excluding hydrogens is 453 g/mol. The number of rotatable bonds is 5. The van der Waals surface area contributed by atoms with Gasteiger partial charge in [0.25, 0.3) is 5.91 Å². The molecule has 9 heteroatoms. The van der Waals surface area contributed by atoms with E-state index in [0.29, 0.717) is 36.8 Å². The number of likely N-dealkylation sites (tertiary alicyclic amines) is 1. The van der Waals surface area contributed by atoms with E-state index < -0.39 is 23.3 Å². The molecule has 2 saturated heterocycles. The summed E-state index contributed by atoms with van der Waals surface area (Å²) in [5.41, 5.74) is 0.108. The van der Waals surface area contributed by atoms with Crippen molar-refractivity contribution in [3.05, 3.63) is 59.4 Å². The number of hydrogen-bond acceptors (Lipinski definition) is 5. The standard InChI is InChI=1S/C26H28FN3O5/c1-2-26(18-7-9-19(27)10-8-18)24(32)30(25(33)28-26)16-23(31)29-12-3-5-20(29)17-6-11-21-22(15-17)35-14-4-13-34-21/h6-11,15,20H,2-5,12-14,16H2,1H3,(H,28,33)/t20-,26-/m0/s1. The Labute approximate surface area is 203 Å². The zero-order valence-electron chi connectivity index (χ0n) is 19.6. The van der Waals surface area contributed by atoms with Crippen molar-refractivity contribution in [2.75, 3.05) is 26.3 Å². The second-order valence-electron chi connectivity index (χ2n) is 9.09. The third-order valence-corrected chi connectivity index (χ3v) is 7.07. The van der Waals surface area contributed by atoms with E-state index in [1.807, 2.05) is 18.2 Å². The van der Waals surface area contributed by atoms with Crippen molar-refractivity contribution in [3.63, 3.8) is 0 Å². The second-order valence-corrected chi connectivity index (χ2v) is 9.09. The fourth-order valence-electron chi connectivity index (χ4n) is 5.17. The van der Waals surface area contributed by atoms with Gasteiger partial charge in [0, 0.05) is 13.0 Å². The van der Waals surface area contributed by atoms with Crippen molar-refractivity contribution in [3.8, 4) is 11.5 Å². The lowest BCUT2D eigenvalue weighted by molar-refractivity contribution is -0.139. The van der Waals surface area contributed by atoms with Gasteiger partial charge in [-0.25, -0.2) is 9.18 Å². The van der Waals surface area contributed by atoms with Crippen molar-refractivity contribution in [1.82, 2.24) is 15.1 Å². The number of urea groups is 1. The second kappa shape index (κ2) is 9.20. The molecule has 35 heavy (non-hydrogen) atoms. The summed E-state index contributed by atoms with van der Waals surface area (Å²) in [4.78, 5) is 42.3. The van der Waals surface area contributed by atoms with Crippen LogP contribution in [0, 0.1) is 5.82 Å². The predicted molar refractivity (Wildman–Crippen MR) is 124 cm³/mol. The van der Waals surface area contributed by atoms with Crippen LogP contribution in [0.5, 0.6) is 11.5 Å². The minimum Gasteiger partial charge on any atom is -0.490 e. The lowest BCUT2D eigenvalue weighted by atomic mass is 9.87. The van der Waals surface area contributed by atoms with Crippen LogP contribution in [0.3, 0.4) is 0 Å². The monoisotopic (exact) mass is 481 g/mol. The van der Waals surface area contributed by atoms with Crippen LogP contribution < -0.4 is 14.8 Å². The number of ether oxygens (including phenoxy) is 2. The average molecular weight is 482 g/mol. The molecule has 2 aromatic rings. The Hall–Kier alpha value is -3.62. The number of benzene rings is 2. The van der Waals surface area contributed by atoms with Gasteiger partial charge in [-0.1, -0.05) is 25.1 Å². The zero-order valence-corrected chi connectivity index (χ0v) is 19.6. The van der Waals surface area contributed by atoms with Crippen LogP contribution in [0.4, 0.5) is 9.18 Å². The zero-order chi connectivity index (χ0) is 24.6. The van der Waals surface area contributed by atoms with Gasteiger partial charge in [0.05, 0.1) is 19.3 Å².